The molecular formula is C20H19N3O3. The van der Waals surface area contributed by atoms with Crippen molar-refractivity contribution in [2.24, 2.45) is 0 Å². The van der Waals surface area contributed by atoms with Crippen molar-refractivity contribution in [3.8, 4) is 0 Å². The van der Waals surface area contributed by atoms with E-state index in [1.54, 1.807) is 41.2 Å². The minimum Gasteiger partial charge on any atom is -0.478 e. The third-order valence-corrected chi connectivity index (χ3v) is 4.03. The molecule has 0 aliphatic heterocycles. The molecule has 3 aromatic rings. The zero-order chi connectivity index (χ0) is 18.5. The number of benzene rings is 2. The van der Waals surface area contributed by atoms with E-state index >= 15 is 0 Å². The summed E-state index contributed by atoms with van der Waals surface area (Å²) in [5, 5.41) is 13.2. The highest BCUT2D eigenvalue weighted by molar-refractivity contribution is 5.93. The number of amides is 1. The van der Waals surface area contributed by atoms with Crippen LogP contribution in [0.25, 0.3) is 0 Å². The van der Waals surface area contributed by atoms with Gasteiger partial charge in [-0.3, -0.25) is 9.48 Å². The maximum Gasteiger partial charge on any atom is 0.335 e. The average Bonchev–Trinajstić information content (AvgIpc) is 3.10. The van der Waals surface area contributed by atoms with E-state index in [1.165, 1.54) is 12.1 Å². The van der Waals surface area contributed by atoms with Gasteiger partial charge in [0.2, 0.25) is 0 Å². The number of hydrogen-bond acceptors (Lipinski definition) is 3. The molecule has 0 saturated heterocycles. The van der Waals surface area contributed by atoms with Gasteiger partial charge in [0.1, 0.15) is 0 Å². The van der Waals surface area contributed by atoms with Crippen molar-refractivity contribution >= 4 is 11.9 Å². The second-order valence-corrected chi connectivity index (χ2v) is 6.08. The van der Waals surface area contributed by atoms with Crippen LogP contribution in [0.4, 0.5) is 0 Å². The third-order valence-electron chi connectivity index (χ3n) is 4.03. The molecule has 2 aromatic carbocycles. The number of carboxylic acid groups (broad SMARTS) is 1. The zero-order valence-electron chi connectivity index (χ0n) is 14.4. The van der Waals surface area contributed by atoms with Gasteiger partial charge in [-0.25, -0.2) is 4.79 Å². The Hall–Kier alpha value is -3.41. The summed E-state index contributed by atoms with van der Waals surface area (Å²) < 4.78 is 1.73. The van der Waals surface area contributed by atoms with E-state index in [1.807, 2.05) is 30.3 Å². The summed E-state index contributed by atoms with van der Waals surface area (Å²) in [5.41, 5.74) is 2.72. The summed E-state index contributed by atoms with van der Waals surface area (Å²) in [6, 6.07) is 16.4. The molecule has 0 fully saturated rings. The van der Waals surface area contributed by atoms with Gasteiger partial charge in [-0.2, -0.15) is 5.10 Å². The Labute approximate surface area is 151 Å². The Morgan fingerprint density at radius 3 is 2.35 bits per heavy atom. The van der Waals surface area contributed by atoms with Crippen LogP contribution in [0.5, 0.6) is 0 Å². The lowest BCUT2D eigenvalue weighted by Crippen LogP contribution is -2.25. The largest absolute Gasteiger partial charge is 0.478 e. The number of hydrogen-bond donors (Lipinski definition) is 1. The van der Waals surface area contributed by atoms with Crippen LogP contribution in [-0.4, -0.2) is 38.7 Å². The van der Waals surface area contributed by atoms with Gasteiger partial charge in [0, 0.05) is 19.8 Å². The van der Waals surface area contributed by atoms with E-state index in [9.17, 15) is 9.59 Å². The number of aromatic nitrogens is 2. The van der Waals surface area contributed by atoms with E-state index < -0.39 is 5.97 Å². The molecule has 0 spiro atoms. The maximum atomic E-state index is 12.6. The molecule has 0 radical (unpaired) electrons. The molecule has 6 heteroatoms. The van der Waals surface area contributed by atoms with Gasteiger partial charge >= 0.3 is 5.97 Å². The van der Waals surface area contributed by atoms with Crippen LogP contribution in [0, 0.1) is 0 Å². The Bertz CT molecular complexity index is 902. The quantitative estimate of drug-likeness (QED) is 0.742. The Morgan fingerprint density at radius 1 is 1.00 bits per heavy atom. The van der Waals surface area contributed by atoms with Crippen LogP contribution >= 0.6 is 0 Å². The fourth-order valence-electron chi connectivity index (χ4n) is 2.65. The molecule has 1 amide bonds. The predicted molar refractivity (Wildman–Crippen MR) is 97.0 cm³/mol. The highest BCUT2D eigenvalue weighted by Crippen LogP contribution is 2.11. The highest BCUT2D eigenvalue weighted by Gasteiger charge is 2.14. The molecule has 1 N–H and O–H groups in total. The van der Waals surface area contributed by atoms with Crippen molar-refractivity contribution in [2.75, 3.05) is 7.05 Å². The van der Waals surface area contributed by atoms with E-state index in [-0.39, 0.29) is 11.5 Å². The Balaban J connectivity index is 1.64. The fourth-order valence-corrected chi connectivity index (χ4v) is 2.65. The molecule has 6 nitrogen and oxygen atoms in total. The van der Waals surface area contributed by atoms with Crippen LogP contribution in [0.1, 0.15) is 31.8 Å². The van der Waals surface area contributed by atoms with Crippen LogP contribution in [0.2, 0.25) is 0 Å². The first-order valence-corrected chi connectivity index (χ1v) is 8.17. The SMILES string of the molecule is CN(Cc1ccc(C(=O)O)cc1)C(=O)c1cnn(Cc2ccccc2)c1. The van der Waals surface area contributed by atoms with E-state index in [2.05, 4.69) is 5.10 Å². The molecule has 0 atom stereocenters. The number of rotatable bonds is 6. The van der Waals surface area contributed by atoms with E-state index in [0.29, 0.717) is 18.7 Å². The third kappa shape index (κ3) is 4.16. The molecule has 0 bridgehead atoms. The molecule has 26 heavy (non-hydrogen) atoms. The molecule has 3 rings (SSSR count). The molecule has 0 aliphatic rings. The lowest BCUT2D eigenvalue weighted by molar-refractivity contribution is 0.0695. The molecular weight excluding hydrogens is 330 g/mol. The molecule has 0 saturated carbocycles. The van der Waals surface area contributed by atoms with Crippen molar-refractivity contribution in [1.29, 1.82) is 0 Å². The van der Waals surface area contributed by atoms with Gasteiger partial charge in [0.15, 0.2) is 0 Å². The standard InChI is InChI=1S/C20H19N3O3/c1-22(12-16-7-9-17(10-8-16)20(25)26)19(24)18-11-21-23(14-18)13-15-5-3-2-4-6-15/h2-11,14H,12-13H2,1H3,(H,25,26). The van der Waals surface area contributed by atoms with Crippen molar-refractivity contribution in [3.63, 3.8) is 0 Å². The normalized spacial score (nSPS) is 10.5. The Morgan fingerprint density at radius 2 is 1.69 bits per heavy atom. The minimum atomic E-state index is -0.966. The summed E-state index contributed by atoms with van der Waals surface area (Å²) >= 11 is 0. The van der Waals surface area contributed by atoms with Gasteiger partial charge in [0.05, 0.1) is 23.9 Å². The molecule has 0 aliphatic carbocycles. The lowest BCUT2D eigenvalue weighted by atomic mass is 10.1. The molecule has 0 unspecified atom stereocenters. The van der Waals surface area contributed by atoms with Gasteiger partial charge in [0.25, 0.3) is 5.91 Å². The van der Waals surface area contributed by atoms with Crippen molar-refractivity contribution in [2.45, 2.75) is 13.1 Å². The smallest absolute Gasteiger partial charge is 0.335 e. The first-order valence-electron chi connectivity index (χ1n) is 8.17. The van der Waals surface area contributed by atoms with Gasteiger partial charge in [-0.15, -0.1) is 0 Å². The first kappa shape index (κ1) is 17.4. The van der Waals surface area contributed by atoms with Gasteiger partial charge in [-0.05, 0) is 23.3 Å². The second-order valence-electron chi connectivity index (χ2n) is 6.08. The summed E-state index contributed by atoms with van der Waals surface area (Å²) in [7, 11) is 1.71. The van der Waals surface area contributed by atoms with Crippen LogP contribution in [0.3, 0.4) is 0 Å². The number of carbonyl (C=O) groups is 2. The summed E-state index contributed by atoms with van der Waals surface area (Å²) in [5.74, 6) is -1.10. The molecule has 1 heterocycles. The number of carboxylic acids is 1. The summed E-state index contributed by atoms with van der Waals surface area (Å²) in [4.78, 5) is 25.0. The van der Waals surface area contributed by atoms with Crippen LogP contribution in [0.15, 0.2) is 67.0 Å². The van der Waals surface area contributed by atoms with Crippen molar-refractivity contribution in [1.82, 2.24) is 14.7 Å². The Kier molecular flexibility index (Phi) is 5.12. The average molecular weight is 349 g/mol. The maximum absolute atomic E-state index is 12.6. The second kappa shape index (κ2) is 7.65. The molecule has 1 aromatic heterocycles. The highest BCUT2D eigenvalue weighted by atomic mass is 16.4. The fraction of sp³-hybridized carbons (Fsp3) is 0.150. The first-order chi connectivity index (χ1) is 12.5. The van der Waals surface area contributed by atoms with E-state index in [4.69, 9.17) is 5.11 Å². The van der Waals surface area contributed by atoms with Gasteiger partial charge in [-0.1, -0.05) is 42.5 Å². The molecule has 132 valence electrons. The van der Waals surface area contributed by atoms with Crippen molar-refractivity contribution < 1.29 is 14.7 Å². The summed E-state index contributed by atoms with van der Waals surface area (Å²) in [6.45, 7) is 0.997. The topological polar surface area (TPSA) is 75.4 Å². The number of nitrogens with zero attached hydrogens (tertiary/aromatic N) is 3. The van der Waals surface area contributed by atoms with E-state index in [0.717, 1.165) is 11.1 Å². The lowest BCUT2D eigenvalue weighted by Gasteiger charge is -2.16. The summed E-state index contributed by atoms with van der Waals surface area (Å²) in [6.07, 6.45) is 3.30. The minimum absolute atomic E-state index is 0.133. The van der Waals surface area contributed by atoms with Crippen LogP contribution < -0.4 is 0 Å². The van der Waals surface area contributed by atoms with Gasteiger partial charge < -0.3 is 10.0 Å². The van der Waals surface area contributed by atoms with Crippen molar-refractivity contribution in [3.05, 3.63) is 89.2 Å². The number of aromatic carboxylic acids is 1. The predicted octanol–water partition coefficient (Wildman–Crippen LogP) is 2.90. The monoisotopic (exact) mass is 349 g/mol. The zero-order valence-corrected chi connectivity index (χ0v) is 14.4. The van der Waals surface area contributed by atoms with Crippen LogP contribution in [-0.2, 0) is 13.1 Å². The number of carbonyl (C=O) groups excluding carboxylic acids is 1.